The molecule has 0 radical (unpaired) electrons. The number of esters is 1. The number of carbonyl (C=O) groups is 2. The van der Waals surface area contributed by atoms with Gasteiger partial charge in [-0.2, -0.15) is 0 Å². The van der Waals surface area contributed by atoms with Crippen molar-refractivity contribution in [3.63, 3.8) is 0 Å². The highest BCUT2D eigenvalue weighted by Gasteiger charge is 2.48. The van der Waals surface area contributed by atoms with Crippen LogP contribution in [0, 0.1) is 5.92 Å². The largest absolute Gasteiger partial charge is 0.498 e. The average molecular weight is 420 g/mol. The quantitative estimate of drug-likeness (QED) is 0.352. The third-order valence-electron chi connectivity index (χ3n) is 5.51. The molecule has 0 heterocycles. The highest BCUT2D eigenvalue weighted by molar-refractivity contribution is 6.14. The van der Waals surface area contributed by atoms with Gasteiger partial charge in [0.25, 0.3) is 0 Å². The SMILES string of the molecule is C=C(OCC)C1CC(N=C(c2ccccc2)c2ccccc2)(C(=O)OCC)CCC1=O. The molecule has 2 aromatic rings. The first-order chi connectivity index (χ1) is 15.0. The van der Waals surface area contributed by atoms with Gasteiger partial charge in [-0.3, -0.25) is 9.79 Å². The Kier molecular flexibility index (Phi) is 7.40. The van der Waals surface area contributed by atoms with Crippen LogP contribution in [0.2, 0.25) is 0 Å². The summed E-state index contributed by atoms with van der Waals surface area (Å²) in [6, 6.07) is 19.5. The van der Waals surface area contributed by atoms with Crippen molar-refractivity contribution in [1.29, 1.82) is 0 Å². The van der Waals surface area contributed by atoms with Gasteiger partial charge in [0.2, 0.25) is 0 Å². The van der Waals surface area contributed by atoms with Crippen molar-refractivity contribution in [2.24, 2.45) is 10.9 Å². The number of allylic oxidation sites excluding steroid dienone is 1. The van der Waals surface area contributed by atoms with E-state index in [-0.39, 0.29) is 25.2 Å². The van der Waals surface area contributed by atoms with E-state index in [0.29, 0.717) is 24.5 Å². The van der Waals surface area contributed by atoms with Crippen LogP contribution in [0.4, 0.5) is 0 Å². The van der Waals surface area contributed by atoms with Crippen LogP contribution in [0.25, 0.3) is 0 Å². The van der Waals surface area contributed by atoms with Gasteiger partial charge in [0.1, 0.15) is 5.78 Å². The van der Waals surface area contributed by atoms with Crippen molar-refractivity contribution in [2.75, 3.05) is 13.2 Å². The summed E-state index contributed by atoms with van der Waals surface area (Å²) in [5, 5.41) is 0. The number of ketones is 1. The first-order valence-corrected chi connectivity index (χ1v) is 10.7. The second-order valence-electron chi connectivity index (χ2n) is 7.57. The standard InChI is InChI=1S/C26H29NO4/c1-4-30-19(3)22-18-26(17-16-23(22)28,25(29)31-5-2)27-24(20-12-8-6-9-13-20)21-14-10-7-11-15-21/h6-15,22H,3-5,16-18H2,1-2H3. The van der Waals surface area contributed by atoms with Gasteiger partial charge in [0.15, 0.2) is 5.54 Å². The zero-order chi connectivity index (χ0) is 22.3. The fourth-order valence-electron chi connectivity index (χ4n) is 3.94. The number of aliphatic imine (C=N–C) groups is 1. The number of hydrogen-bond donors (Lipinski definition) is 0. The molecule has 0 bridgehead atoms. The van der Waals surface area contributed by atoms with Crippen molar-refractivity contribution in [3.05, 3.63) is 84.1 Å². The van der Waals surface area contributed by atoms with Gasteiger partial charge in [0.05, 0.1) is 30.6 Å². The molecule has 31 heavy (non-hydrogen) atoms. The number of benzene rings is 2. The van der Waals surface area contributed by atoms with Gasteiger partial charge in [-0.15, -0.1) is 0 Å². The minimum atomic E-state index is -1.18. The Morgan fingerprint density at radius 2 is 1.55 bits per heavy atom. The van der Waals surface area contributed by atoms with Crippen molar-refractivity contribution < 1.29 is 19.1 Å². The van der Waals surface area contributed by atoms with Crippen LogP contribution < -0.4 is 0 Å². The monoisotopic (exact) mass is 419 g/mol. The second-order valence-corrected chi connectivity index (χ2v) is 7.57. The maximum atomic E-state index is 13.2. The molecule has 1 saturated carbocycles. The van der Waals surface area contributed by atoms with E-state index in [1.807, 2.05) is 67.6 Å². The Morgan fingerprint density at radius 3 is 2.06 bits per heavy atom. The van der Waals surface area contributed by atoms with E-state index >= 15 is 0 Å². The third kappa shape index (κ3) is 5.10. The van der Waals surface area contributed by atoms with E-state index in [4.69, 9.17) is 14.5 Å². The number of rotatable bonds is 8. The number of Topliss-reactive ketones (excluding diaryl/α,β-unsaturated/α-hetero) is 1. The van der Waals surface area contributed by atoms with Gasteiger partial charge in [-0.25, -0.2) is 4.79 Å². The summed E-state index contributed by atoms with van der Waals surface area (Å²) >= 11 is 0. The molecule has 0 amide bonds. The Hall–Kier alpha value is -3.21. The summed E-state index contributed by atoms with van der Waals surface area (Å²) in [6.45, 7) is 8.22. The first kappa shape index (κ1) is 22.5. The minimum absolute atomic E-state index is 0.0227. The lowest BCUT2D eigenvalue weighted by Gasteiger charge is -2.36. The smallest absolute Gasteiger partial charge is 0.334 e. The van der Waals surface area contributed by atoms with Crippen LogP contribution in [0.3, 0.4) is 0 Å². The van der Waals surface area contributed by atoms with Crippen molar-refractivity contribution in [1.82, 2.24) is 0 Å². The lowest BCUT2D eigenvalue weighted by Crippen LogP contribution is -2.47. The molecular formula is C26H29NO4. The number of nitrogens with zero attached hydrogens (tertiary/aromatic N) is 1. The highest BCUT2D eigenvalue weighted by Crippen LogP contribution is 2.39. The van der Waals surface area contributed by atoms with Crippen LogP contribution in [0.15, 0.2) is 78.0 Å². The van der Waals surface area contributed by atoms with E-state index in [0.717, 1.165) is 11.1 Å². The van der Waals surface area contributed by atoms with Crippen LogP contribution in [-0.2, 0) is 19.1 Å². The average Bonchev–Trinajstić information content (AvgIpc) is 2.80. The number of hydrogen-bond acceptors (Lipinski definition) is 5. The zero-order valence-corrected chi connectivity index (χ0v) is 18.2. The topological polar surface area (TPSA) is 65.0 Å². The van der Waals surface area contributed by atoms with Crippen molar-refractivity contribution in [3.8, 4) is 0 Å². The molecular weight excluding hydrogens is 390 g/mol. The predicted molar refractivity (Wildman–Crippen MR) is 121 cm³/mol. The summed E-state index contributed by atoms with van der Waals surface area (Å²) in [5.74, 6) is -0.595. The molecule has 162 valence electrons. The molecule has 0 aromatic heterocycles. The summed E-state index contributed by atoms with van der Waals surface area (Å²) in [4.78, 5) is 30.9. The van der Waals surface area contributed by atoms with Crippen LogP contribution in [0.5, 0.6) is 0 Å². The number of carbonyl (C=O) groups excluding carboxylic acids is 2. The Morgan fingerprint density at radius 1 is 1.00 bits per heavy atom. The lowest BCUT2D eigenvalue weighted by atomic mass is 9.74. The molecule has 0 spiro atoms. The lowest BCUT2D eigenvalue weighted by molar-refractivity contribution is -0.152. The van der Waals surface area contributed by atoms with E-state index in [2.05, 4.69) is 6.58 Å². The van der Waals surface area contributed by atoms with E-state index in [1.54, 1.807) is 6.92 Å². The maximum absolute atomic E-state index is 13.2. The van der Waals surface area contributed by atoms with Crippen LogP contribution >= 0.6 is 0 Å². The first-order valence-electron chi connectivity index (χ1n) is 10.7. The van der Waals surface area contributed by atoms with E-state index < -0.39 is 17.4 Å². The molecule has 1 aliphatic carbocycles. The van der Waals surface area contributed by atoms with E-state index in [9.17, 15) is 9.59 Å². The summed E-state index contributed by atoms with van der Waals surface area (Å²) in [7, 11) is 0. The maximum Gasteiger partial charge on any atom is 0.334 e. The summed E-state index contributed by atoms with van der Waals surface area (Å²) < 4.78 is 11.0. The molecule has 1 aliphatic rings. The molecule has 2 atom stereocenters. The fraction of sp³-hybridized carbons (Fsp3) is 0.346. The molecule has 0 aliphatic heterocycles. The van der Waals surface area contributed by atoms with Crippen molar-refractivity contribution >= 4 is 17.5 Å². The van der Waals surface area contributed by atoms with Gasteiger partial charge in [0, 0.05) is 24.0 Å². The zero-order valence-electron chi connectivity index (χ0n) is 18.2. The molecule has 1 fully saturated rings. The van der Waals surface area contributed by atoms with Crippen LogP contribution in [-0.4, -0.2) is 36.2 Å². The van der Waals surface area contributed by atoms with Gasteiger partial charge >= 0.3 is 5.97 Å². The Bertz CT molecular complexity index is 910. The predicted octanol–water partition coefficient (Wildman–Crippen LogP) is 4.75. The molecule has 5 nitrogen and oxygen atoms in total. The molecule has 3 rings (SSSR count). The summed E-state index contributed by atoms with van der Waals surface area (Å²) in [6.07, 6.45) is 0.701. The summed E-state index contributed by atoms with van der Waals surface area (Å²) in [5.41, 5.74) is 1.31. The number of ether oxygens (including phenoxy) is 2. The van der Waals surface area contributed by atoms with Crippen LogP contribution in [0.1, 0.15) is 44.2 Å². The normalized spacial score (nSPS) is 20.6. The van der Waals surface area contributed by atoms with Gasteiger partial charge in [-0.05, 0) is 20.3 Å². The van der Waals surface area contributed by atoms with Crippen molar-refractivity contribution in [2.45, 2.75) is 38.6 Å². The molecule has 5 heteroatoms. The van der Waals surface area contributed by atoms with E-state index in [1.165, 1.54) is 0 Å². The van der Waals surface area contributed by atoms with Gasteiger partial charge in [-0.1, -0.05) is 67.2 Å². The second kappa shape index (κ2) is 10.2. The van der Waals surface area contributed by atoms with Gasteiger partial charge < -0.3 is 9.47 Å². The Labute approximate surface area is 183 Å². The Balaban J connectivity index is 2.14. The third-order valence-corrected chi connectivity index (χ3v) is 5.51. The molecule has 0 saturated heterocycles. The molecule has 2 aromatic carbocycles. The minimum Gasteiger partial charge on any atom is -0.498 e. The fourth-order valence-corrected chi connectivity index (χ4v) is 3.94. The molecule has 0 N–H and O–H groups in total. The highest BCUT2D eigenvalue weighted by atomic mass is 16.5. The molecule has 2 unspecified atom stereocenters.